The van der Waals surface area contributed by atoms with Crippen LogP contribution >= 0.6 is 0 Å². The van der Waals surface area contributed by atoms with E-state index in [9.17, 15) is 13.2 Å². The molecule has 0 radical (unpaired) electrons. The van der Waals surface area contributed by atoms with Gasteiger partial charge in [-0.15, -0.1) is 0 Å². The number of anilines is 1. The van der Waals surface area contributed by atoms with Gasteiger partial charge in [-0.25, -0.2) is 17.9 Å². The quantitative estimate of drug-likeness (QED) is 0.696. The van der Waals surface area contributed by atoms with Gasteiger partial charge in [-0.3, -0.25) is 0 Å². The molecule has 1 saturated heterocycles. The van der Waals surface area contributed by atoms with Gasteiger partial charge in [0.2, 0.25) is 0 Å². The summed E-state index contributed by atoms with van der Waals surface area (Å²) < 4.78 is 30.9. The van der Waals surface area contributed by atoms with Crippen LogP contribution in [0, 0.1) is 6.92 Å². The zero-order valence-electron chi connectivity index (χ0n) is 15.8. The van der Waals surface area contributed by atoms with Gasteiger partial charge in [0.1, 0.15) is 11.9 Å². The maximum Gasteiger partial charge on any atom is 0.328 e. The fourth-order valence-corrected chi connectivity index (χ4v) is 4.49. The summed E-state index contributed by atoms with van der Waals surface area (Å²) in [6.07, 6.45) is 2.24. The molecule has 0 spiro atoms. The minimum atomic E-state index is -3.26. The number of carbonyl (C=O) groups is 1. The monoisotopic (exact) mass is 391 g/mol. The van der Waals surface area contributed by atoms with Gasteiger partial charge >= 0.3 is 5.97 Å². The van der Waals surface area contributed by atoms with E-state index in [2.05, 4.69) is 17.2 Å². The predicted octanol–water partition coefficient (Wildman–Crippen LogP) is 1.60. The van der Waals surface area contributed by atoms with Gasteiger partial charge in [0.05, 0.1) is 18.1 Å². The maximum absolute atomic E-state index is 12.3. The van der Waals surface area contributed by atoms with Crippen LogP contribution in [0.2, 0.25) is 0 Å². The molecule has 0 bridgehead atoms. The summed E-state index contributed by atoms with van der Waals surface area (Å²) in [5.74, 6) is 0.333. The van der Waals surface area contributed by atoms with E-state index in [4.69, 9.17) is 4.74 Å². The maximum atomic E-state index is 12.3. The smallest absolute Gasteiger partial charge is 0.328 e. The van der Waals surface area contributed by atoms with E-state index in [0.717, 1.165) is 17.9 Å². The lowest BCUT2D eigenvalue weighted by atomic mass is 10.1. The largest absolute Gasteiger partial charge is 0.467 e. The number of rotatable bonds is 6. The summed E-state index contributed by atoms with van der Waals surface area (Å²) in [6, 6.07) is 11.4. The highest BCUT2D eigenvalue weighted by Gasteiger charge is 2.43. The number of sulfone groups is 1. The topological polar surface area (TPSA) is 81.5 Å². The second-order valence-corrected chi connectivity index (χ2v) is 9.31. The molecule has 146 valence electrons. The Morgan fingerprint density at radius 1 is 1.30 bits per heavy atom. The van der Waals surface area contributed by atoms with Crippen LogP contribution in [0.5, 0.6) is 0 Å². The van der Waals surface area contributed by atoms with Crippen LogP contribution in [-0.2, 0) is 32.3 Å². The van der Waals surface area contributed by atoms with Crippen LogP contribution < -0.4 is 4.90 Å². The van der Waals surface area contributed by atoms with Gasteiger partial charge in [-0.05, 0) is 25.3 Å². The molecule has 27 heavy (non-hydrogen) atoms. The first-order chi connectivity index (χ1) is 12.8. The van der Waals surface area contributed by atoms with Crippen LogP contribution in [0.15, 0.2) is 36.4 Å². The van der Waals surface area contributed by atoms with E-state index < -0.39 is 27.1 Å². The Kier molecular flexibility index (Phi) is 5.55. The summed E-state index contributed by atoms with van der Waals surface area (Å²) in [5.41, 5.74) is 2.01. The molecule has 2 aromatic rings. The molecule has 1 fully saturated rings. The summed E-state index contributed by atoms with van der Waals surface area (Å²) >= 11 is 0. The van der Waals surface area contributed by atoms with E-state index >= 15 is 0 Å². The second kappa shape index (κ2) is 7.72. The summed E-state index contributed by atoms with van der Waals surface area (Å²) in [5, 5.41) is 3.95. The minimum Gasteiger partial charge on any atom is -0.467 e. The van der Waals surface area contributed by atoms with Crippen molar-refractivity contribution in [1.82, 2.24) is 9.78 Å². The zero-order chi connectivity index (χ0) is 19.6. The van der Waals surface area contributed by atoms with Crippen LogP contribution in [0.4, 0.5) is 5.82 Å². The van der Waals surface area contributed by atoms with Gasteiger partial charge in [0.25, 0.3) is 0 Å². The highest BCUT2D eigenvalue weighted by Crippen LogP contribution is 2.30. The molecule has 1 aliphatic heterocycles. The van der Waals surface area contributed by atoms with Crippen molar-refractivity contribution in [3.05, 3.63) is 47.7 Å². The third-order valence-corrected chi connectivity index (χ3v) is 6.52. The predicted molar refractivity (Wildman–Crippen MR) is 104 cm³/mol. The van der Waals surface area contributed by atoms with Gasteiger partial charge in [-0.1, -0.05) is 30.3 Å². The Morgan fingerprint density at radius 3 is 2.63 bits per heavy atom. The molecular formula is C19H25N3O4S. The molecule has 2 atom stereocenters. The number of benzene rings is 1. The van der Waals surface area contributed by atoms with Gasteiger partial charge < -0.3 is 9.64 Å². The highest BCUT2D eigenvalue weighted by atomic mass is 32.2. The Bertz CT molecular complexity index is 908. The van der Waals surface area contributed by atoms with Crippen molar-refractivity contribution in [2.24, 2.45) is 0 Å². The Balaban J connectivity index is 1.88. The van der Waals surface area contributed by atoms with Crippen molar-refractivity contribution >= 4 is 21.6 Å². The van der Waals surface area contributed by atoms with Crippen molar-refractivity contribution in [2.45, 2.75) is 37.6 Å². The Hall–Kier alpha value is -2.35. The molecule has 1 aromatic heterocycles. The molecule has 1 aromatic carbocycles. The Morgan fingerprint density at radius 2 is 2.00 bits per heavy atom. The van der Waals surface area contributed by atoms with Gasteiger partial charge in [0.15, 0.2) is 9.84 Å². The van der Waals surface area contributed by atoms with Crippen molar-refractivity contribution in [3.63, 3.8) is 0 Å². The molecule has 2 heterocycles. The van der Waals surface area contributed by atoms with E-state index in [1.165, 1.54) is 18.9 Å². The molecular weight excluding hydrogens is 366 g/mol. The number of aromatic nitrogens is 2. The number of methoxy groups -OCH3 is 1. The second-order valence-electron chi connectivity index (χ2n) is 6.98. The fraction of sp³-hybridized carbons (Fsp3) is 0.474. The van der Waals surface area contributed by atoms with E-state index in [1.54, 1.807) is 0 Å². The third-order valence-electron chi connectivity index (χ3n) is 4.97. The number of aryl methyl sites for hydroxylation is 3. The summed E-state index contributed by atoms with van der Waals surface area (Å²) in [7, 11) is -1.93. The molecule has 7 nitrogen and oxygen atoms in total. The molecule has 0 N–H and O–H groups in total. The van der Waals surface area contributed by atoms with Gasteiger partial charge in [0, 0.05) is 25.4 Å². The molecule has 2 unspecified atom stereocenters. The molecule has 8 heteroatoms. The lowest BCUT2D eigenvalue weighted by molar-refractivity contribution is -0.141. The van der Waals surface area contributed by atoms with Crippen molar-refractivity contribution < 1.29 is 17.9 Å². The molecule has 1 aliphatic rings. The SMILES string of the molecule is COC(=O)C1CC(S(C)(=O)=O)CN1c1cc(C)nn1CCc1ccccc1. The first kappa shape index (κ1) is 19.4. The van der Waals surface area contributed by atoms with Crippen LogP contribution in [0.25, 0.3) is 0 Å². The standard InChI is InChI=1S/C19H25N3O4S/c1-14-11-18(22(20-14)10-9-15-7-5-4-6-8-15)21-13-16(27(3,24)25)12-17(21)19(23)26-2/h4-8,11,16-17H,9-10,12-13H2,1-3H3. The van der Waals surface area contributed by atoms with Crippen molar-refractivity contribution in [2.75, 3.05) is 24.8 Å². The third kappa shape index (κ3) is 4.32. The van der Waals surface area contributed by atoms with E-state index in [0.29, 0.717) is 6.54 Å². The number of carbonyl (C=O) groups excluding carboxylic acids is 1. The Labute approximate surface area is 159 Å². The average Bonchev–Trinajstić information content (AvgIpc) is 3.23. The lowest BCUT2D eigenvalue weighted by Gasteiger charge is -2.25. The van der Waals surface area contributed by atoms with Gasteiger partial charge in [-0.2, -0.15) is 5.10 Å². The van der Waals surface area contributed by atoms with Crippen LogP contribution in [0.3, 0.4) is 0 Å². The number of esters is 1. The van der Waals surface area contributed by atoms with E-state index in [1.807, 2.05) is 40.8 Å². The first-order valence-corrected chi connectivity index (χ1v) is 10.9. The zero-order valence-corrected chi connectivity index (χ0v) is 16.6. The molecule has 0 saturated carbocycles. The van der Waals surface area contributed by atoms with Crippen molar-refractivity contribution in [3.8, 4) is 0 Å². The normalized spacial score (nSPS) is 20.0. The molecule has 0 amide bonds. The first-order valence-electron chi connectivity index (χ1n) is 8.91. The fourth-order valence-electron chi connectivity index (χ4n) is 3.53. The number of hydrogen-bond donors (Lipinski definition) is 0. The average molecular weight is 391 g/mol. The number of ether oxygens (including phenoxy) is 1. The summed E-state index contributed by atoms with van der Waals surface area (Å²) in [6.45, 7) is 2.79. The van der Waals surface area contributed by atoms with Crippen LogP contribution in [0.1, 0.15) is 17.7 Å². The minimum absolute atomic E-state index is 0.231. The van der Waals surface area contributed by atoms with Crippen molar-refractivity contribution in [1.29, 1.82) is 0 Å². The number of hydrogen-bond acceptors (Lipinski definition) is 6. The highest BCUT2D eigenvalue weighted by molar-refractivity contribution is 7.91. The van der Waals surface area contributed by atoms with E-state index in [-0.39, 0.29) is 13.0 Å². The number of nitrogens with zero attached hydrogens (tertiary/aromatic N) is 3. The van der Waals surface area contributed by atoms with Crippen LogP contribution in [-0.4, -0.2) is 55.4 Å². The molecule has 0 aliphatic carbocycles. The summed E-state index contributed by atoms with van der Waals surface area (Å²) in [4.78, 5) is 14.1. The lowest BCUT2D eigenvalue weighted by Crippen LogP contribution is -2.38. The molecule has 3 rings (SSSR count).